The fourth-order valence-corrected chi connectivity index (χ4v) is 4.09. The van der Waals surface area contributed by atoms with Crippen molar-refractivity contribution in [1.29, 1.82) is 0 Å². The molecule has 0 aliphatic carbocycles. The molecule has 0 aliphatic rings. The lowest BCUT2D eigenvalue weighted by atomic mass is 10.3. The van der Waals surface area contributed by atoms with Crippen LogP contribution in [0.5, 0.6) is 0 Å². The maximum Gasteiger partial charge on any atom is 0.433 e. The van der Waals surface area contributed by atoms with Crippen molar-refractivity contribution in [2.24, 2.45) is 7.05 Å². The summed E-state index contributed by atoms with van der Waals surface area (Å²) in [5.74, 6) is -4.60. The summed E-state index contributed by atoms with van der Waals surface area (Å²) in [4.78, 5) is 21.9. The first-order chi connectivity index (χ1) is 12.3. The molecule has 2 aromatic rings. The number of alkyl halides is 3. The Morgan fingerprint density at radius 2 is 1.93 bits per heavy atom. The molecule has 14 heteroatoms. The van der Waals surface area contributed by atoms with Crippen molar-refractivity contribution in [3.63, 3.8) is 0 Å². The number of carbonyl (C=O) groups is 2. The highest BCUT2D eigenvalue weighted by Crippen LogP contribution is 2.35. The summed E-state index contributed by atoms with van der Waals surface area (Å²) in [5.41, 5.74) is -1.16. The van der Waals surface area contributed by atoms with Crippen molar-refractivity contribution < 1.29 is 41.4 Å². The monoisotopic (exact) mass is 425 g/mol. The van der Waals surface area contributed by atoms with E-state index in [2.05, 4.69) is 5.10 Å². The molecule has 0 spiro atoms. The molecule has 0 fully saturated rings. The highest BCUT2D eigenvalue weighted by molar-refractivity contribution is 7.92. The van der Waals surface area contributed by atoms with Gasteiger partial charge in [-0.05, 0) is 18.2 Å². The normalized spacial score (nSPS) is 12.8. The van der Waals surface area contributed by atoms with Crippen molar-refractivity contribution in [3.8, 4) is 10.6 Å². The molecule has 27 heavy (non-hydrogen) atoms. The third kappa shape index (κ3) is 4.65. The number of carboxylic acid groups (broad SMARTS) is 1. The second-order valence-corrected chi connectivity index (χ2v) is 7.95. The highest BCUT2D eigenvalue weighted by atomic mass is 32.2. The van der Waals surface area contributed by atoms with Crippen LogP contribution >= 0.6 is 11.3 Å². The van der Waals surface area contributed by atoms with Gasteiger partial charge in [0.25, 0.3) is 15.9 Å². The van der Waals surface area contributed by atoms with Gasteiger partial charge in [-0.25, -0.2) is 17.9 Å². The predicted octanol–water partition coefficient (Wildman–Crippen LogP) is 1.50. The number of halogens is 3. The Bertz CT molecular complexity index is 1040. The van der Waals surface area contributed by atoms with Crippen LogP contribution in [0.2, 0.25) is 0 Å². The number of aryl methyl sites for hydroxylation is 1. The maximum absolute atomic E-state index is 12.8. The fourth-order valence-electron chi connectivity index (χ4n) is 1.86. The third-order valence-corrected chi connectivity index (χ3v) is 5.92. The van der Waals surface area contributed by atoms with Crippen LogP contribution in [0.25, 0.3) is 10.6 Å². The lowest BCUT2D eigenvalue weighted by molar-refractivity contribution is -0.143. The van der Waals surface area contributed by atoms with E-state index < -0.39 is 43.7 Å². The van der Waals surface area contributed by atoms with E-state index in [0.717, 1.165) is 19.2 Å². The van der Waals surface area contributed by atoms with Gasteiger partial charge in [-0.15, -0.1) is 11.3 Å². The first-order valence-electron chi connectivity index (χ1n) is 6.73. The Morgan fingerprint density at radius 3 is 2.44 bits per heavy atom. The van der Waals surface area contributed by atoms with Crippen LogP contribution in [-0.2, 0) is 32.8 Å². The smallest absolute Gasteiger partial charge is 0.433 e. The number of thiophene rings is 1. The van der Waals surface area contributed by atoms with Gasteiger partial charge >= 0.3 is 12.1 Å². The first-order valence-corrected chi connectivity index (χ1v) is 9.03. The number of hydrogen-bond acceptors (Lipinski definition) is 7. The van der Waals surface area contributed by atoms with Crippen molar-refractivity contribution in [2.75, 3.05) is 0 Å². The number of aliphatic hydroxyl groups excluding tert-OH is 1. The summed E-state index contributed by atoms with van der Waals surface area (Å²) < 4.78 is 64.2. The largest absolute Gasteiger partial charge is 0.503 e. The lowest BCUT2D eigenvalue weighted by Crippen LogP contribution is -2.31. The molecule has 0 saturated carbocycles. The minimum Gasteiger partial charge on any atom is -0.503 e. The molecular weight excluding hydrogens is 415 g/mol. The molecule has 0 aliphatic heterocycles. The van der Waals surface area contributed by atoms with Gasteiger partial charge in [0.05, 0.1) is 11.0 Å². The zero-order valence-electron chi connectivity index (χ0n) is 13.2. The van der Waals surface area contributed by atoms with Gasteiger partial charge in [-0.3, -0.25) is 9.48 Å². The number of aromatic nitrogens is 2. The van der Waals surface area contributed by atoms with Gasteiger partial charge in [0, 0.05) is 7.05 Å². The van der Waals surface area contributed by atoms with Crippen LogP contribution < -0.4 is 4.72 Å². The van der Waals surface area contributed by atoms with E-state index in [1.807, 2.05) is 0 Å². The van der Waals surface area contributed by atoms with E-state index in [4.69, 9.17) is 5.11 Å². The molecule has 0 radical (unpaired) electrons. The second kappa shape index (κ2) is 7.03. The molecule has 3 N–H and O–H groups in total. The fraction of sp³-hybridized carbons (Fsp3) is 0.154. The van der Waals surface area contributed by atoms with Gasteiger partial charge in [0.1, 0.15) is 15.6 Å². The summed E-state index contributed by atoms with van der Waals surface area (Å²) in [5, 5.41) is 21.3. The number of nitrogens with zero attached hydrogens (tertiary/aromatic N) is 2. The number of sulfonamides is 1. The quantitative estimate of drug-likeness (QED) is 0.487. The number of nitrogens with one attached hydrogen (secondary N) is 1. The molecule has 0 atom stereocenters. The Morgan fingerprint density at radius 1 is 1.30 bits per heavy atom. The molecule has 146 valence electrons. The third-order valence-electron chi connectivity index (χ3n) is 2.99. The molecule has 0 aromatic carbocycles. The molecule has 1 amide bonds. The van der Waals surface area contributed by atoms with E-state index in [1.54, 1.807) is 0 Å². The number of amides is 1. The van der Waals surface area contributed by atoms with Gasteiger partial charge in [0.2, 0.25) is 0 Å². The zero-order chi connectivity index (χ0) is 20.6. The Kier molecular flexibility index (Phi) is 5.33. The SMILES string of the molecule is Cn1nc(-c2ccc(S(=O)(=O)NC(=O)/C(O)=C/C(=O)O)s2)cc1C(F)(F)F. The molecule has 9 nitrogen and oxygen atoms in total. The molecule has 0 unspecified atom stereocenters. The average Bonchev–Trinajstić information content (AvgIpc) is 3.12. The second-order valence-electron chi connectivity index (χ2n) is 4.96. The first kappa shape index (κ1) is 20.4. The van der Waals surface area contributed by atoms with Gasteiger partial charge in [-0.1, -0.05) is 0 Å². The van der Waals surface area contributed by atoms with E-state index in [0.29, 0.717) is 16.0 Å². The summed E-state index contributed by atoms with van der Waals surface area (Å²) in [6, 6.07) is 2.96. The average molecular weight is 425 g/mol. The maximum atomic E-state index is 12.8. The Balaban J connectivity index is 2.29. The van der Waals surface area contributed by atoms with E-state index in [-0.39, 0.29) is 16.6 Å². The Labute approximate surface area is 153 Å². The van der Waals surface area contributed by atoms with E-state index in [1.165, 1.54) is 10.8 Å². The van der Waals surface area contributed by atoms with Crippen molar-refractivity contribution in [3.05, 3.63) is 35.7 Å². The van der Waals surface area contributed by atoms with E-state index >= 15 is 0 Å². The summed E-state index contributed by atoms with van der Waals surface area (Å²) in [6.07, 6.45) is -4.55. The number of carboxylic acids is 1. The van der Waals surface area contributed by atoms with E-state index in [9.17, 15) is 36.3 Å². The minimum atomic E-state index is -4.64. The number of carbonyl (C=O) groups excluding carboxylic acids is 1. The molecular formula is C13H10F3N3O6S2. The van der Waals surface area contributed by atoms with Crippen molar-refractivity contribution in [2.45, 2.75) is 10.4 Å². The Hall–Kier alpha value is -2.87. The standard InChI is InChI=1S/C13H10F3N3O6S2/c1-19-9(13(14,15)16)4-6(17-19)8-2-3-11(26-8)27(24,25)18-12(23)7(20)5-10(21)22/h2-5,20H,1H3,(H,18,23)(H,21,22)/b7-5-. The number of rotatable bonds is 5. The molecule has 0 bridgehead atoms. The van der Waals surface area contributed by atoms with Crippen LogP contribution in [0.4, 0.5) is 13.2 Å². The van der Waals surface area contributed by atoms with Crippen molar-refractivity contribution in [1.82, 2.24) is 14.5 Å². The summed E-state index contributed by atoms with van der Waals surface area (Å²) in [7, 11) is -3.41. The topological polar surface area (TPSA) is 139 Å². The van der Waals surface area contributed by atoms with Gasteiger partial charge in [0.15, 0.2) is 5.76 Å². The predicted molar refractivity (Wildman–Crippen MR) is 85.2 cm³/mol. The van der Waals surface area contributed by atoms with Gasteiger partial charge in [-0.2, -0.15) is 18.3 Å². The number of aliphatic hydroxyl groups is 1. The molecule has 2 rings (SSSR count). The molecule has 2 aromatic heterocycles. The summed E-state index contributed by atoms with van der Waals surface area (Å²) in [6.45, 7) is 0. The van der Waals surface area contributed by atoms with Crippen LogP contribution in [0.1, 0.15) is 5.69 Å². The van der Waals surface area contributed by atoms with Gasteiger partial charge < -0.3 is 10.2 Å². The number of hydrogen-bond donors (Lipinski definition) is 3. The lowest BCUT2D eigenvalue weighted by Gasteiger charge is -2.04. The minimum absolute atomic E-state index is 0.0826. The van der Waals surface area contributed by atoms with Crippen LogP contribution in [-0.4, -0.2) is 40.3 Å². The highest BCUT2D eigenvalue weighted by Gasteiger charge is 2.35. The van der Waals surface area contributed by atoms with Crippen molar-refractivity contribution >= 4 is 33.2 Å². The van der Waals surface area contributed by atoms with Crippen LogP contribution in [0.3, 0.4) is 0 Å². The molecule has 0 saturated heterocycles. The zero-order valence-corrected chi connectivity index (χ0v) is 14.8. The molecule has 2 heterocycles. The van der Waals surface area contributed by atoms with Crippen LogP contribution in [0, 0.1) is 0 Å². The summed E-state index contributed by atoms with van der Waals surface area (Å²) >= 11 is 0.530. The number of aliphatic carboxylic acids is 1. The van der Waals surface area contributed by atoms with Crippen LogP contribution in [0.15, 0.2) is 34.2 Å².